The van der Waals surface area contributed by atoms with Gasteiger partial charge in [-0.25, -0.2) is 0 Å². The summed E-state index contributed by atoms with van der Waals surface area (Å²) < 4.78 is 5.81. The molecule has 1 atom stereocenters. The number of hydrogen-bond donors (Lipinski definition) is 1. The summed E-state index contributed by atoms with van der Waals surface area (Å²) in [6.07, 6.45) is 2.80. The first kappa shape index (κ1) is 15.9. The number of ether oxygens (including phenoxy) is 1. The van der Waals surface area contributed by atoms with Gasteiger partial charge in [-0.2, -0.15) is 0 Å². The standard InChI is InChI=1S/C14H31N3O/c1-4-8-16(3)9-10-17-11-12-18-14(13-17)6-7-15-5-2/h14-15H,4-13H2,1-3H3/t14-/m0/s1. The molecule has 1 aliphatic rings. The highest BCUT2D eigenvalue weighted by atomic mass is 16.5. The monoisotopic (exact) mass is 257 g/mol. The van der Waals surface area contributed by atoms with Crippen LogP contribution in [0.15, 0.2) is 0 Å². The van der Waals surface area contributed by atoms with Crippen LogP contribution in [0.4, 0.5) is 0 Å². The number of nitrogens with one attached hydrogen (secondary N) is 1. The summed E-state index contributed by atoms with van der Waals surface area (Å²) in [5, 5.41) is 3.37. The Morgan fingerprint density at radius 2 is 2.17 bits per heavy atom. The number of rotatable bonds is 9. The van der Waals surface area contributed by atoms with Gasteiger partial charge in [0.2, 0.25) is 0 Å². The van der Waals surface area contributed by atoms with Gasteiger partial charge >= 0.3 is 0 Å². The zero-order valence-corrected chi connectivity index (χ0v) is 12.5. The van der Waals surface area contributed by atoms with E-state index in [0.29, 0.717) is 6.10 Å². The normalized spacial score (nSPS) is 21.7. The lowest BCUT2D eigenvalue weighted by Gasteiger charge is -2.34. The van der Waals surface area contributed by atoms with Crippen LogP contribution in [0.3, 0.4) is 0 Å². The predicted molar refractivity (Wildman–Crippen MR) is 77.1 cm³/mol. The third-order valence-electron chi connectivity index (χ3n) is 3.52. The summed E-state index contributed by atoms with van der Waals surface area (Å²) in [6.45, 7) is 13.2. The second kappa shape index (κ2) is 9.73. The Bertz CT molecular complexity index is 201. The Kier molecular flexibility index (Phi) is 8.59. The van der Waals surface area contributed by atoms with E-state index in [1.54, 1.807) is 0 Å². The first-order valence-electron chi connectivity index (χ1n) is 7.49. The van der Waals surface area contributed by atoms with E-state index in [2.05, 4.69) is 36.0 Å². The molecule has 0 spiro atoms. The van der Waals surface area contributed by atoms with Gasteiger partial charge in [-0.1, -0.05) is 13.8 Å². The van der Waals surface area contributed by atoms with Crippen LogP contribution in [0.25, 0.3) is 0 Å². The van der Waals surface area contributed by atoms with Gasteiger partial charge in [0.15, 0.2) is 0 Å². The minimum Gasteiger partial charge on any atom is -0.376 e. The highest BCUT2D eigenvalue weighted by Gasteiger charge is 2.19. The van der Waals surface area contributed by atoms with Gasteiger partial charge in [0.05, 0.1) is 12.7 Å². The fraction of sp³-hybridized carbons (Fsp3) is 1.00. The van der Waals surface area contributed by atoms with Crippen molar-refractivity contribution in [2.45, 2.75) is 32.8 Å². The van der Waals surface area contributed by atoms with E-state index in [9.17, 15) is 0 Å². The molecule has 0 bridgehead atoms. The second-order valence-corrected chi connectivity index (χ2v) is 5.24. The molecule has 0 aromatic rings. The zero-order valence-electron chi connectivity index (χ0n) is 12.5. The van der Waals surface area contributed by atoms with Crippen LogP contribution in [-0.4, -0.2) is 75.4 Å². The average molecular weight is 257 g/mol. The summed E-state index contributed by atoms with van der Waals surface area (Å²) >= 11 is 0. The Hall–Kier alpha value is -0.160. The van der Waals surface area contributed by atoms with Crippen molar-refractivity contribution in [3.8, 4) is 0 Å². The van der Waals surface area contributed by atoms with Gasteiger partial charge in [0.25, 0.3) is 0 Å². The molecule has 1 aliphatic heterocycles. The average Bonchev–Trinajstić information content (AvgIpc) is 2.38. The molecule has 1 N–H and O–H groups in total. The second-order valence-electron chi connectivity index (χ2n) is 5.24. The third-order valence-corrected chi connectivity index (χ3v) is 3.52. The summed E-state index contributed by atoms with van der Waals surface area (Å²) in [5.41, 5.74) is 0. The lowest BCUT2D eigenvalue weighted by atomic mass is 10.2. The van der Waals surface area contributed by atoms with E-state index in [0.717, 1.165) is 39.2 Å². The van der Waals surface area contributed by atoms with Crippen molar-refractivity contribution in [2.24, 2.45) is 0 Å². The number of hydrogen-bond acceptors (Lipinski definition) is 4. The van der Waals surface area contributed by atoms with Crippen molar-refractivity contribution in [3.63, 3.8) is 0 Å². The van der Waals surface area contributed by atoms with Crippen molar-refractivity contribution >= 4 is 0 Å². The van der Waals surface area contributed by atoms with Crippen LogP contribution in [0.5, 0.6) is 0 Å². The molecule has 1 heterocycles. The minimum absolute atomic E-state index is 0.425. The topological polar surface area (TPSA) is 27.7 Å². The maximum atomic E-state index is 5.81. The van der Waals surface area contributed by atoms with Crippen molar-refractivity contribution in [2.75, 3.05) is 59.5 Å². The van der Waals surface area contributed by atoms with Crippen molar-refractivity contribution in [1.29, 1.82) is 0 Å². The minimum atomic E-state index is 0.425. The van der Waals surface area contributed by atoms with Crippen LogP contribution in [0, 0.1) is 0 Å². The molecular weight excluding hydrogens is 226 g/mol. The predicted octanol–water partition coefficient (Wildman–Crippen LogP) is 1.03. The molecule has 1 saturated heterocycles. The van der Waals surface area contributed by atoms with E-state index in [1.165, 1.54) is 26.1 Å². The lowest BCUT2D eigenvalue weighted by Crippen LogP contribution is -2.46. The van der Waals surface area contributed by atoms with Crippen LogP contribution >= 0.6 is 0 Å². The van der Waals surface area contributed by atoms with Crippen LogP contribution in [0.2, 0.25) is 0 Å². The summed E-state index contributed by atoms with van der Waals surface area (Å²) in [5.74, 6) is 0. The Morgan fingerprint density at radius 1 is 1.33 bits per heavy atom. The molecule has 18 heavy (non-hydrogen) atoms. The number of likely N-dealkylation sites (N-methyl/N-ethyl adjacent to an activating group) is 1. The molecular formula is C14H31N3O. The van der Waals surface area contributed by atoms with Crippen LogP contribution in [-0.2, 0) is 4.74 Å². The van der Waals surface area contributed by atoms with Gasteiger partial charge in [-0.15, -0.1) is 0 Å². The summed E-state index contributed by atoms with van der Waals surface area (Å²) in [7, 11) is 2.21. The van der Waals surface area contributed by atoms with Crippen LogP contribution < -0.4 is 5.32 Å². The molecule has 0 aromatic carbocycles. The molecule has 1 fully saturated rings. The molecule has 4 heteroatoms. The van der Waals surface area contributed by atoms with Gasteiger partial charge < -0.3 is 15.0 Å². The molecule has 0 amide bonds. The highest BCUT2D eigenvalue weighted by molar-refractivity contribution is 4.73. The van der Waals surface area contributed by atoms with E-state index in [1.807, 2.05) is 0 Å². The molecule has 0 unspecified atom stereocenters. The quantitative estimate of drug-likeness (QED) is 0.624. The SMILES string of the molecule is CCCN(C)CCN1CCO[C@@H](CCNCC)C1. The van der Waals surface area contributed by atoms with Gasteiger partial charge in [0.1, 0.15) is 0 Å². The number of nitrogens with zero attached hydrogens (tertiary/aromatic N) is 2. The van der Waals surface area contributed by atoms with Crippen molar-refractivity contribution < 1.29 is 4.74 Å². The molecule has 108 valence electrons. The maximum absolute atomic E-state index is 5.81. The van der Waals surface area contributed by atoms with Gasteiger partial charge in [-0.3, -0.25) is 4.90 Å². The summed E-state index contributed by atoms with van der Waals surface area (Å²) in [6, 6.07) is 0. The fourth-order valence-corrected chi connectivity index (χ4v) is 2.40. The fourth-order valence-electron chi connectivity index (χ4n) is 2.40. The third kappa shape index (κ3) is 6.69. The molecule has 4 nitrogen and oxygen atoms in total. The van der Waals surface area contributed by atoms with E-state index in [4.69, 9.17) is 4.74 Å². The van der Waals surface area contributed by atoms with E-state index >= 15 is 0 Å². The molecule has 0 saturated carbocycles. The summed E-state index contributed by atoms with van der Waals surface area (Å²) in [4.78, 5) is 4.97. The zero-order chi connectivity index (χ0) is 13.2. The van der Waals surface area contributed by atoms with Crippen molar-refractivity contribution in [1.82, 2.24) is 15.1 Å². The van der Waals surface area contributed by atoms with Crippen molar-refractivity contribution in [3.05, 3.63) is 0 Å². The molecule has 0 aromatic heterocycles. The Morgan fingerprint density at radius 3 is 2.89 bits per heavy atom. The highest BCUT2D eigenvalue weighted by Crippen LogP contribution is 2.08. The van der Waals surface area contributed by atoms with Gasteiger partial charge in [0, 0.05) is 26.2 Å². The smallest absolute Gasteiger partial charge is 0.0714 e. The first-order valence-corrected chi connectivity index (χ1v) is 7.49. The largest absolute Gasteiger partial charge is 0.376 e. The Labute approximate surface area is 113 Å². The molecule has 1 rings (SSSR count). The first-order chi connectivity index (χ1) is 8.76. The van der Waals surface area contributed by atoms with E-state index in [-0.39, 0.29) is 0 Å². The van der Waals surface area contributed by atoms with Crippen LogP contribution in [0.1, 0.15) is 26.7 Å². The van der Waals surface area contributed by atoms with Gasteiger partial charge in [-0.05, 0) is 39.5 Å². The number of morpholine rings is 1. The Balaban J connectivity index is 2.14. The maximum Gasteiger partial charge on any atom is 0.0714 e. The molecule has 0 aliphatic carbocycles. The lowest BCUT2D eigenvalue weighted by molar-refractivity contribution is -0.0330. The van der Waals surface area contributed by atoms with E-state index < -0.39 is 0 Å². The molecule has 0 radical (unpaired) electrons.